The SMILES string of the molecule is CC(=O)OC/C=C\COC(=O)/C=C(/C)OC(C)=O. The first-order valence-corrected chi connectivity index (χ1v) is 5.23. The van der Waals surface area contributed by atoms with Gasteiger partial charge in [-0.25, -0.2) is 4.79 Å². The summed E-state index contributed by atoms with van der Waals surface area (Å²) in [6, 6.07) is 0. The van der Waals surface area contributed by atoms with E-state index < -0.39 is 11.9 Å². The third-order valence-electron chi connectivity index (χ3n) is 1.50. The Bertz CT molecular complexity index is 367. The Morgan fingerprint density at radius 3 is 1.94 bits per heavy atom. The second-order valence-electron chi connectivity index (χ2n) is 3.25. The number of hydrogen-bond donors (Lipinski definition) is 0. The van der Waals surface area contributed by atoms with Crippen LogP contribution in [0.25, 0.3) is 0 Å². The zero-order valence-electron chi connectivity index (χ0n) is 10.6. The highest BCUT2D eigenvalue weighted by Gasteiger charge is 2.01. The van der Waals surface area contributed by atoms with E-state index in [2.05, 4.69) is 9.47 Å². The number of carbonyl (C=O) groups is 3. The Morgan fingerprint density at radius 2 is 1.44 bits per heavy atom. The van der Waals surface area contributed by atoms with Crippen LogP contribution < -0.4 is 0 Å². The van der Waals surface area contributed by atoms with Crippen molar-refractivity contribution < 1.29 is 28.6 Å². The number of ether oxygens (including phenoxy) is 3. The second-order valence-corrected chi connectivity index (χ2v) is 3.25. The predicted octanol–water partition coefficient (Wildman–Crippen LogP) is 1.12. The molecule has 0 aromatic heterocycles. The minimum atomic E-state index is -0.620. The zero-order chi connectivity index (χ0) is 14.0. The number of rotatable bonds is 6. The van der Waals surface area contributed by atoms with Crippen LogP contribution in [-0.2, 0) is 28.6 Å². The summed E-state index contributed by atoms with van der Waals surface area (Å²) < 4.78 is 14.0. The lowest BCUT2D eigenvalue weighted by Gasteiger charge is -2.01. The van der Waals surface area contributed by atoms with E-state index in [1.807, 2.05) is 0 Å². The van der Waals surface area contributed by atoms with Gasteiger partial charge in [0, 0.05) is 13.8 Å². The van der Waals surface area contributed by atoms with Crippen molar-refractivity contribution in [1.29, 1.82) is 0 Å². The van der Waals surface area contributed by atoms with Crippen molar-refractivity contribution in [1.82, 2.24) is 0 Å². The van der Waals surface area contributed by atoms with Gasteiger partial charge < -0.3 is 14.2 Å². The molecule has 0 rings (SSSR count). The molecule has 0 aliphatic carbocycles. The van der Waals surface area contributed by atoms with Crippen molar-refractivity contribution in [2.45, 2.75) is 20.8 Å². The molecule has 0 N–H and O–H groups in total. The van der Waals surface area contributed by atoms with Gasteiger partial charge in [0.2, 0.25) is 0 Å². The molecule has 0 aliphatic rings. The molecule has 0 aromatic rings. The van der Waals surface area contributed by atoms with Gasteiger partial charge in [-0.1, -0.05) is 0 Å². The van der Waals surface area contributed by atoms with Gasteiger partial charge >= 0.3 is 17.9 Å². The Kier molecular flexibility index (Phi) is 7.92. The van der Waals surface area contributed by atoms with E-state index in [1.165, 1.54) is 26.8 Å². The number of carbonyl (C=O) groups excluding carboxylic acids is 3. The maximum atomic E-state index is 11.2. The van der Waals surface area contributed by atoms with E-state index >= 15 is 0 Å². The highest BCUT2D eigenvalue weighted by atomic mass is 16.5. The third-order valence-corrected chi connectivity index (χ3v) is 1.50. The summed E-state index contributed by atoms with van der Waals surface area (Å²) in [6.45, 7) is 4.19. The lowest BCUT2D eigenvalue weighted by molar-refractivity contribution is -0.140. The molecule has 6 nitrogen and oxygen atoms in total. The molecular formula is C12H16O6. The van der Waals surface area contributed by atoms with Crippen molar-refractivity contribution in [2.24, 2.45) is 0 Å². The van der Waals surface area contributed by atoms with Crippen molar-refractivity contribution in [3.8, 4) is 0 Å². The van der Waals surface area contributed by atoms with Crippen LogP contribution in [0.2, 0.25) is 0 Å². The standard InChI is InChI=1S/C12H16O6/c1-9(18-11(3)14)8-12(15)17-7-5-4-6-16-10(2)13/h4-5,8H,6-7H2,1-3H3/b5-4-,9-8-. The molecule has 0 spiro atoms. The fraction of sp³-hybridized carbons (Fsp3) is 0.417. The average molecular weight is 256 g/mol. The Hall–Kier alpha value is -2.11. The monoisotopic (exact) mass is 256 g/mol. The van der Waals surface area contributed by atoms with Crippen molar-refractivity contribution >= 4 is 17.9 Å². The number of esters is 3. The summed E-state index contributed by atoms with van der Waals surface area (Å²) >= 11 is 0. The van der Waals surface area contributed by atoms with Crippen LogP contribution in [0.5, 0.6) is 0 Å². The smallest absolute Gasteiger partial charge is 0.334 e. The first kappa shape index (κ1) is 15.9. The molecule has 0 aromatic carbocycles. The highest BCUT2D eigenvalue weighted by molar-refractivity contribution is 5.83. The number of allylic oxidation sites excluding steroid dienone is 1. The lowest BCUT2D eigenvalue weighted by Crippen LogP contribution is -2.04. The van der Waals surface area contributed by atoms with Crippen LogP contribution >= 0.6 is 0 Å². The topological polar surface area (TPSA) is 78.9 Å². The van der Waals surface area contributed by atoms with Gasteiger partial charge in [-0.05, 0) is 19.1 Å². The molecule has 0 aliphatic heterocycles. The minimum absolute atomic E-state index is 0.0456. The van der Waals surface area contributed by atoms with Crippen LogP contribution in [0.3, 0.4) is 0 Å². The Morgan fingerprint density at radius 1 is 0.889 bits per heavy atom. The molecular weight excluding hydrogens is 240 g/mol. The Balaban J connectivity index is 3.83. The normalized spacial score (nSPS) is 11.2. The van der Waals surface area contributed by atoms with E-state index in [9.17, 15) is 14.4 Å². The van der Waals surface area contributed by atoms with Crippen molar-refractivity contribution in [3.05, 3.63) is 24.0 Å². The van der Waals surface area contributed by atoms with Gasteiger partial charge in [-0.2, -0.15) is 0 Å². The molecule has 6 heteroatoms. The molecule has 0 amide bonds. The summed E-state index contributed by atoms with van der Waals surface area (Å²) in [7, 11) is 0. The van der Waals surface area contributed by atoms with Gasteiger partial charge in [-0.3, -0.25) is 9.59 Å². The van der Waals surface area contributed by atoms with E-state index in [4.69, 9.17) is 4.74 Å². The Labute approximate surface area is 105 Å². The van der Waals surface area contributed by atoms with E-state index in [1.54, 1.807) is 6.08 Å². The summed E-state index contributed by atoms with van der Waals surface area (Å²) in [5.41, 5.74) is 0. The van der Waals surface area contributed by atoms with Crippen molar-refractivity contribution in [2.75, 3.05) is 13.2 Å². The van der Waals surface area contributed by atoms with E-state index in [0.29, 0.717) is 0 Å². The van der Waals surface area contributed by atoms with Crippen LogP contribution in [0, 0.1) is 0 Å². The maximum absolute atomic E-state index is 11.2. The van der Waals surface area contributed by atoms with E-state index in [0.717, 1.165) is 6.08 Å². The predicted molar refractivity (Wildman–Crippen MR) is 62.3 cm³/mol. The first-order valence-electron chi connectivity index (χ1n) is 5.23. The van der Waals surface area contributed by atoms with Gasteiger partial charge in [0.1, 0.15) is 19.0 Å². The second kappa shape index (κ2) is 8.98. The van der Waals surface area contributed by atoms with Gasteiger partial charge in [0.25, 0.3) is 0 Å². The fourth-order valence-corrected chi connectivity index (χ4v) is 0.896. The van der Waals surface area contributed by atoms with Crippen LogP contribution in [0.4, 0.5) is 0 Å². The third kappa shape index (κ3) is 10.4. The molecule has 0 unspecified atom stereocenters. The maximum Gasteiger partial charge on any atom is 0.334 e. The number of hydrogen-bond acceptors (Lipinski definition) is 6. The van der Waals surface area contributed by atoms with Crippen LogP contribution in [0.1, 0.15) is 20.8 Å². The first-order chi connectivity index (χ1) is 8.41. The van der Waals surface area contributed by atoms with Crippen LogP contribution in [0.15, 0.2) is 24.0 Å². The van der Waals surface area contributed by atoms with Gasteiger partial charge in [0.15, 0.2) is 0 Å². The summed E-state index contributed by atoms with van der Waals surface area (Å²) in [6.07, 6.45) is 4.16. The molecule has 18 heavy (non-hydrogen) atoms. The lowest BCUT2D eigenvalue weighted by atomic mass is 10.4. The molecule has 100 valence electrons. The van der Waals surface area contributed by atoms with Gasteiger partial charge in [0.05, 0.1) is 6.08 Å². The van der Waals surface area contributed by atoms with Gasteiger partial charge in [-0.15, -0.1) is 0 Å². The largest absolute Gasteiger partial charge is 0.462 e. The molecule has 0 atom stereocenters. The quantitative estimate of drug-likeness (QED) is 0.233. The minimum Gasteiger partial charge on any atom is -0.462 e. The fourth-order valence-electron chi connectivity index (χ4n) is 0.896. The summed E-state index contributed by atoms with van der Waals surface area (Å²) in [4.78, 5) is 32.1. The van der Waals surface area contributed by atoms with Crippen LogP contribution in [-0.4, -0.2) is 31.1 Å². The summed E-state index contributed by atoms with van der Waals surface area (Å²) in [5.74, 6) is -1.34. The summed E-state index contributed by atoms with van der Waals surface area (Å²) in [5, 5.41) is 0. The molecule has 0 radical (unpaired) electrons. The van der Waals surface area contributed by atoms with E-state index in [-0.39, 0.29) is 24.9 Å². The van der Waals surface area contributed by atoms with Crippen molar-refractivity contribution in [3.63, 3.8) is 0 Å². The highest BCUT2D eigenvalue weighted by Crippen LogP contribution is 1.97. The molecule has 0 saturated heterocycles. The molecule has 0 fully saturated rings. The average Bonchev–Trinajstić information content (AvgIpc) is 2.21. The zero-order valence-corrected chi connectivity index (χ0v) is 10.6. The molecule has 0 heterocycles. The molecule has 0 bridgehead atoms. The molecule has 0 saturated carbocycles.